The van der Waals surface area contributed by atoms with Crippen LogP contribution in [-0.2, 0) is 11.1 Å². The van der Waals surface area contributed by atoms with E-state index in [0.717, 1.165) is 37.6 Å². The van der Waals surface area contributed by atoms with Crippen LogP contribution >= 0.6 is 7.60 Å². The molecule has 8 heteroatoms. The second-order valence-corrected chi connectivity index (χ2v) is 11.7. The van der Waals surface area contributed by atoms with Gasteiger partial charge in [0.05, 0.1) is 11.0 Å². The number of nitrogens with zero attached hydrogens (tertiary/aromatic N) is 3. The van der Waals surface area contributed by atoms with Gasteiger partial charge in [-0.25, -0.2) is 4.98 Å². The van der Waals surface area contributed by atoms with Gasteiger partial charge in [-0.1, -0.05) is 58.6 Å². The number of rotatable bonds is 11. The number of benzene rings is 1. The van der Waals surface area contributed by atoms with Crippen molar-refractivity contribution in [3.05, 3.63) is 34.6 Å². The topological polar surface area (TPSA) is 95.7 Å². The predicted octanol–water partition coefficient (Wildman–Crippen LogP) is 4.69. The van der Waals surface area contributed by atoms with Crippen LogP contribution in [0.4, 0.5) is 0 Å². The molecular weight excluding hydrogens is 449 g/mol. The van der Waals surface area contributed by atoms with Crippen molar-refractivity contribution in [3.63, 3.8) is 0 Å². The van der Waals surface area contributed by atoms with Crippen molar-refractivity contribution in [1.82, 2.24) is 14.5 Å². The maximum atomic E-state index is 13.1. The van der Waals surface area contributed by atoms with E-state index in [9.17, 15) is 19.1 Å². The molecule has 2 aromatic rings. The van der Waals surface area contributed by atoms with E-state index in [1.54, 1.807) is 18.2 Å². The van der Waals surface area contributed by atoms with E-state index in [0.29, 0.717) is 29.7 Å². The first-order valence-corrected chi connectivity index (χ1v) is 14.6. The van der Waals surface area contributed by atoms with Crippen LogP contribution in [0.2, 0.25) is 0 Å². The molecule has 1 aliphatic carbocycles. The molecule has 1 heterocycles. The number of hydrogen-bond acceptors (Lipinski definition) is 4. The van der Waals surface area contributed by atoms with Crippen molar-refractivity contribution < 1.29 is 14.4 Å². The van der Waals surface area contributed by atoms with E-state index < -0.39 is 18.6 Å². The SMILES string of the molecule is CCC[C@H](CCn1c(=O)c(P(=O)(O)O)nc2ccccc21)N(CC)[C@@H](C)C[C@H]1CCC[C@@H](C)C1. The molecule has 0 amide bonds. The zero-order valence-electron chi connectivity index (χ0n) is 21.2. The maximum absolute atomic E-state index is 13.1. The minimum atomic E-state index is -4.77. The van der Waals surface area contributed by atoms with Gasteiger partial charge in [-0.05, 0) is 63.1 Å². The molecule has 1 fully saturated rings. The minimum Gasteiger partial charge on any atom is -0.320 e. The highest BCUT2D eigenvalue weighted by Crippen LogP contribution is 2.33. The molecule has 1 aromatic heterocycles. The van der Waals surface area contributed by atoms with Gasteiger partial charge in [0.15, 0.2) is 0 Å². The summed E-state index contributed by atoms with van der Waals surface area (Å²) in [6.45, 7) is 10.5. The molecule has 34 heavy (non-hydrogen) atoms. The van der Waals surface area contributed by atoms with Crippen molar-refractivity contribution in [2.75, 3.05) is 6.54 Å². The summed E-state index contributed by atoms with van der Waals surface area (Å²) < 4.78 is 13.5. The van der Waals surface area contributed by atoms with Crippen molar-refractivity contribution in [1.29, 1.82) is 0 Å². The summed E-state index contributed by atoms with van der Waals surface area (Å²) in [7, 11) is -4.77. The van der Waals surface area contributed by atoms with E-state index in [1.807, 2.05) is 6.07 Å². The normalized spacial score (nSPS) is 21.1. The number of aryl methyl sites for hydroxylation is 1. The largest absolute Gasteiger partial charge is 0.380 e. The number of fused-ring (bicyclic) bond motifs is 1. The van der Waals surface area contributed by atoms with Crippen molar-refractivity contribution in [2.45, 2.75) is 97.7 Å². The van der Waals surface area contributed by atoms with Crippen molar-refractivity contribution in [3.8, 4) is 0 Å². The van der Waals surface area contributed by atoms with Gasteiger partial charge in [0, 0.05) is 18.6 Å². The lowest BCUT2D eigenvalue weighted by molar-refractivity contribution is 0.103. The first kappa shape index (κ1) is 27.1. The lowest BCUT2D eigenvalue weighted by Crippen LogP contribution is -2.44. The Hall–Kier alpha value is -1.53. The predicted molar refractivity (Wildman–Crippen MR) is 139 cm³/mol. The molecule has 0 spiro atoms. The van der Waals surface area contributed by atoms with Gasteiger partial charge in [0.25, 0.3) is 5.56 Å². The van der Waals surface area contributed by atoms with Gasteiger partial charge in [0.2, 0.25) is 5.44 Å². The van der Waals surface area contributed by atoms with E-state index in [-0.39, 0.29) is 0 Å². The Labute approximate surface area is 203 Å². The van der Waals surface area contributed by atoms with Gasteiger partial charge in [0.1, 0.15) is 0 Å². The van der Waals surface area contributed by atoms with Crippen LogP contribution in [0, 0.1) is 11.8 Å². The molecule has 1 aliphatic rings. The molecule has 1 aromatic carbocycles. The summed E-state index contributed by atoms with van der Waals surface area (Å²) >= 11 is 0. The summed E-state index contributed by atoms with van der Waals surface area (Å²) in [5.74, 6) is 1.61. The monoisotopic (exact) mass is 491 g/mol. The van der Waals surface area contributed by atoms with Crippen LogP contribution in [0.1, 0.15) is 79.1 Å². The molecule has 7 nitrogen and oxygen atoms in total. The second-order valence-electron chi connectivity index (χ2n) is 10.2. The first-order chi connectivity index (χ1) is 16.2. The number of hydrogen-bond donors (Lipinski definition) is 2. The molecule has 4 atom stereocenters. The molecular formula is C26H42N3O4P. The van der Waals surface area contributed by atoms with Crippen molar-refractivity contribution >= 4 is 24.1 Å². The lowest BCUT2D eigenvalue weighted by Gasteiger charge is -2.39. The molecule has 0 bridgehead atoms. The highest BCUT2D eigenvalue weighted by molar-refractivity contribution is 7.59. The van der Waals surface area contributed by atoms with E-state index in [4.69, 9.17) is 0 Å². The van der Waals surface area contributed by atoms with Crippen LogP contribution in [0.15, 0.2) is 29.1 Å². The highest BCUT2D eigenvalue weighted by atomic mass is 31.2. The fourth-order valence-electron chi connectivity index (χ4n) is 6.00. The zero-order valence-corrected chi connectivity index (χ0v) is 22.1. The number of para-hydroxylation sites is 2. The Morgan fingerprint density at radius 2 is 1.94 bits per heavy atom. The smallest absolute Gasteiger partial charge is 0.320 e. The fourth-order valence-corrected chi connectivity index (χ4v) is 6.61. The van der Waals surface area contributed by atoms with E-state index >= 15 is 0 Å². The third kappa shape index (κ3) is 6.57. The summed E-state index contributed by atoms with van der Waals surface area (Å²) in [5.41, 5.74) is -0.299. The Balaban J connectivity index is 1.83. The molecule has 0 aliphatic heterocycles. The van der Waals surface area contributed by atoms with Crippen LogP contribution in [0.3, 0.4) is 0 Å². The third-order valence-electron chi connectivity index (χ3n) is 7.54. The summed E-state index contributed by atoms with van der Waals surface area (Å²) in [4.78, 5) is 39.1. The van der Waals surface area contributed by atoms with Crippen LogP contribution in [0.5, 0.6) is 0 Å². The first-order valence-electron chi connectivity index (χ1n) is 13.0. The second kappa shape index (κ2) is 11.9. The van der Waals surface area contributed by atoms with Gasteiger partial charge >= 0.3 is 7.60 Å². The maximum Gasteiger partial charge on any atom is 0.380 e. The van der Waals surface area contributed by atoms with E-state index in [2.05, 4.69) is 37.6 Å². The fraction of sp³-hybridized carbons (Fsp3) is 0.692. The summed E-state index contributed by atoms with van der Waals surface area (Å²) in [5, 5.41) is 0. The molecule has 0 saturated heterocycles. The average molecular weight is 492 g/mol. The quantitative estimate of drug-likeness (QED) is 0.443. The Bertz CT molecular complexity index is 1050. The molecule has 0 unspecified atom stereocenters. The Morgan fingerprint density at radius 1 is 1.21 bits per heavy atom. The standard InChI is InChI=1S/C26H42N3O4P/c1-5-10-22(28(6-2)20(4)18-21-12-9-11-19(3)17-21)15-16-29-24-14-8-7-13-23(24)27-25(26(29)30)34(31,32)33/h7-8,13-14,19-22H,5-6,9-12,15-18H2,1-4H3,(H2,31,32,33)/t19-,20+,21+,22-/m1/s1. The average Bonchev–Trinajstić information content (AvgIpc) is 2.77. The highest BCUT2D eigenvalue weighted by Gasteiger charge is 2.29. The van der Waals surface area contributed by atoms with Gasteiger partial charge in [-0.2, -0.15) is 0 Å². The van der Waals surface area contributed by atoms with E-state index in [1.165, 1.54) is 36.7 Å². The zero-order chi connectivity index (χ0) is 24.9. The van der Waals surface area contributed by atoms with Crippen molar-refractivity contribution in [2.24, 2.45) is 11.8 Å². The van der Waals surface area contributed by atoms with Gasteiger partial charge in [-0.3, -0.25) is 14.3 Å². The molecule has 3 rings (SSSR count). The lowest BCUT2D eigenvalue weighted by atomic mass is 9.79. The molecule has 1 saturated carbocycles. The van der Waals surface area contributed by atoms with Crippen LogP contribution < -0.4 is 11.0 Å². The van der Waals surface area contributed by atoms with Gasteiger partial charge < -0.3 is 14.4 Å². The summed E-state index contributed by atoms with van der Waals surface area (Å²) in [6, 6.07) is 7.86. The van der Waals surface area contributed by atoms with Gasteiger partial charge in [-0.15, -0.1) is 0 Å². The van der Waals surface area contributed by atoms with Crippen LogP contribution in [0.25, 0.3) is 11.0 Å². The molecule has 190 valence electrons. The molecule has 2 N–H and O–H groups in total. The minimum absolute atomic E-state index is 0.309. The Morgan fingerprint density at radius 3 is 2.59 bits per heavy atom. The molecule has 0 radical (unpaired) electrons. The summed E-state index contributed by atoms with van der Waals surface area (Å²) in [6.07, 6.45) is 9.38. The van der Waals surface area contributed by atoms with Crippen LogP contribution in [-0.4, -0.2) is 42.9 Å². The third-order valence-corrected chi connectivity index (χ3v) is 8.38. The number of aromatic nitrogens is 2. The Kier molecular flexibility index (Phi) is 9.50.